The Morgan fingerprint density at radius 2 is 1.79 bits per heavy atom. The first-order valence-electron chi connectivity index (χ1n) is 5.94. The SMILES string of the molecule is CCOc1ccc(C(=O)c2ccc(N)c(F)c2)cc1. The lowest BCUT2D eigenvalue weighted by Gasteiger charge is -2.05. The van der Waals surface area contributed by atoms with Crippen LogP contribution in [0.1, 0.15) is 22.8 Å². The molecule has 2 aromatic rings. The van der Waals surface area contributed by atoms with Crippen LogP contribution < -0.4 is 10.5 Å². The number of nitrogen functional groups attached to an aromatic ring is 1. The largest absolute Gasteiger partial charge is 0.494 e. The predicted molar refractivity (Wildman–Crippen MR) is 71.9 cm³/mol. The summed E-state index contributed by atoms with van der Waals surface area (Å²) in [6.07, 6.45) is 0. The smallest absolute Gasteiger partial charge is 0.193 e. The summed E-state index contributed by atoms with van der Waals surface area (Å²) in [4.78, 5) is 12.1. The van der Waals surface area contributed by atoms with Crippen molar-refractivity contribution in [2.75, 3.05) is 12.3 Å². The van der Waals surface area contributed by atoms with E-state index < -0.39 is 5.82 Å². The first-order chi connectivity index (χ1) is 9.11. The maximum Gasteiger partial charge on any atom is 0.193 e. The molecule has 0 saturated heterocycles. The van der Waals surface area contributed by atoms with Crippen LogP contribution in [0.4, 0.5) is 10.1 Å². The van der Waals surface area contributed by atoms with Gasteiger partial charge in [-0.15, -0.1) is 0 Å². The van der Waals surface area contributed by atoms with Gasteiger partial charge in [0, 0.05) is 11.1 Å². The van der Waals surface area contributed by atoms with Crippen LogP contribution >= 0.6 is 0 Å². The molecule has 0 fully saturated rings. The molecule has 98 valence electrons. The van der Waals surface area contributed by atoms with Crippen molar-refractivity contribution in [2.45, 2.75) is 6.92 Å². The number of anilines is 1. The van der Waals surface area contributed by atoms with Gasteiger partial charge in [0.2, 0.25) is 0 Å². The van der Waals surface area contributed by atoms with Crippen molar-refractivity contribution in [3.8, 4) is 5.75 Å². The third kappa shape index (κ3) is 2.91. The molecule has 0 atom stereocenters. The van der Waals surface area contributed by atoms with Gasteiger partial charge in [-0.05, 0) is 49.4 Å². The Morgan fingerprint density at radius 1 is 1.16 bits per heavy atom. The molecule has 2 N–H and O–H groups in total. The number of ketones is 1. The first kappa shape index (κ1) is 13.1. The zero-order valence-electron chi connectivity index (χ0n) is 10.5. The molecule has 0 aliphatic rings. The van der Waals surface area contributed by atoms with E-state index in [1.54, 1.807) is 24.3 Å². The summed E-state index contributed by atoms with van der Waals surface area (Å²) in [5, 5.41) is 0. The summed E-state index contributed by atoms with van der Waals surface area (Å²) in [5.74, 6) is -0.138. The minimum absolute atomic E-state index is 0.0308. The zero-order valence-corrected chi connectivity index (χ0v) is 10.5. The molecule has 2 rings (SSSR count). The molecule has 3 nitrogen and oxygen atoms in total. The van der Waals surface area contributed by atoms with Gasteiger partial charge in [-0.25, -0.2) is 4.39 Å². The second kappa shape index (κ2) is 5.52. The van der Waals surface area contributed by atoms with Gasteiger partial charge in [-0.3, -0.25) is 4.79 Å². The number of carbonyl (C=O) groups is 1. The summed E-state index contributed by atoms with van der Waals surface area (Å²) in [6.45, 7) is 2.45. The van der Waals surface area contributed by atoms with Crippen LogP contribution in [0.3, 0.4) is 0 Å². The van der Waals surface area contributed by atoms with Crippen molar-refractivity contribution >= 4 is 11.5 Å². The van der Waals surface area contributed by atoms with E-state index in [0.717, 1.165) is 6.07 Å². The third-order valence-corrected chi connectivity index (χ3v) is 2.69. The van der Waals surface area contributed by atoms with Crippen LogP contribution in [0.25, 0.3) is 0 Å². The Hall–Kier alpha value is -2.36. The number of hydrogen-bond donors (Lipinski definition) is 1. The fourth-order valence-corrected chi connectivity index (χ4v) is 1.70. The Bertz CT molecular complexity index is 594. The molecule has 0 amide bonds. The summed E-state index contributed by atoms with van der Waals surface area (Å²) < 4.78 is 18.6. The molecule has 0 heterocycles. The van der Waals surface area contributed by atoms with E-state index in [1.807, 2.05) is 6.92 Å². The topological polar surface area (TPSA) is 52.3 Å². The predicted octanol–water partition coefficient (Wildman–Crippen LogP) is 3.04. The monoisotopic (exact) mass is 259 g/mol. The highest BCUT2D eigenvalue weighted by molar-refractivity contribution is 6.09. The molecule has 19 heavy (non-hydrogen) atoms. The number of nitrogens with two attached hydrogens (primary N) is 1. The average molecular weight is 259 g/mol. The van der Waals surface area contributed by atoms with Crippen molar-refractivity contribution in [1.82, 2.24) is 0 Å². The molecular weight excluding hydrogens is 245 g/mol. The Balaban J connectivity index is 2.25. The molecule has 0 aromatic heterocycles. The van der Waals surface area contributed by atoms with Crippen molar-refractivity contribution < 1.29 is 13.9 Å². The fraction of sp³-hybridized carbons (Fsp3) is 0.133. The molecule has 0 aliphatic heterocycles. The number of halogens is 1. The first-order valence-corrected chi connectivity index (χ1v) is 5.94. The van der Waals surface area contributed by atoms with Crippen LogP contribution in [0.5, 0.6) is 5.75 Å². The molecule has 0 aliphatic carbocycles. The normalized spacial score (nSPS) is 10.2. The highest BCUT2D eigenvalue weighted by atomic mass is 19.1. The minimum atomic E-state index is -0.586. The van der Waals surface area contributed by atoms with Crippen LogP contribution in [-0.4, -0.2) is 12.4 Å². The summed E-state index contributed by atoms with van der Waals surface area (Å²) in [7, 11) is 0. The quantitative estimate of drug-likeness (QED) is 0.678. The van der Waals surface area contributed by atoms with Crippen molar-refractivity contribution in [3.05, 3.63) is 59.4 Å². The number of ether oxygens (including phenoxy) is 1. The Kier molecular flexibility index (Phi) is 3.80. The number of carbonyl (C=O) groups excluding carboxylic acids is 1. The van der Waals surface area contributed by atoms with Gasteiger partial charge in [-0.2, -0.15) is 0 Å². The Labute approximate surface area is 110 Å². The number of benzene rings is 2. The maximum atomic E-state index is 13.3. The van der Waals surface area contributed by atoms with Gasteiger partial charge in [0.25, 0.3) is 0 Å². The van der Waals surface area contributed by atoms with Gasteiger partial charge in [0.15, 0.2) is 5.78 Å². The van der Waals surface area contributed by atoms with Crippen molar-refractivity contribution in [3.63, 3.8) is 0 Å². The summed E-state index contributed by atoms with van der Waals surface area (Å²) in [5.41, 5.74) is 6.16. The van der Waals surface area contributed by atoms with Gasteiger partial charge in [0.1, 0.15) is 11.6 Å². The zero-order chi connectivity index (χ0) is 13.8. The van der Waals surface area contributed by atoms with Gasteiger partial charge >= 0.3 is 0 Å². The molecule has 4 heteroatoms. The lowest BCUT2D eigenvalue weighted by Crippen LogP contribution is -2.03. The molecular formula is C15H14FNO2. The van der Waals surface area contributed by atoms with E-state index >= 15 is 0 Å². The lowest BCUT2D eigenvalue weighted by atomic mass is 10.0. The fourth-order valence-electron chi connectivity index (χ4n) is 1.70. The maximum absolute atomic E-state index is 13.3. The highest BCUT2D eigenvalue weighted by Gasteiger charge is 2.11. The van der Waals surface area contributed by atoms with E-state index in [4.69, 9.17) is 10.5 Å². The van der Waals surface area contributed by atoms with Crippen molar-refractivity contribution in [1.29, 1.82) is 0 Å². The van der Waals surface area contributed by atoms with E-state index in [-0.39, 0.29) is 17.0 Å². The lowest BCUT2D eigenvalue weighted by molar-refractivity contribution is 0.103. The second-order valence-corrected chi connectivity index (χ2v) is 4.02. The third-order valence-electron chi connectivity index (χ3n) is 2.69. The summed E-state index contributed by atoms with van der Waals surface area (Å²) >= 11 is 0. The molecule has 0 unspecified atom stereocenters. The molecule has 2 aromatic carbocycles. The Morgan fingerprint density at radius 3 is 2.37 bits per heavy atom. The molecule has 0 spiro atoms. The van der Waals surface area contributed by atoms with Gasteiger partial charge in [-0.1, -0.05) is 0 Å². The van der Waals surface area contributed by atoms with Gasteiger partial charge < -0.3 is 10.5 Å². The molecule has 0 radical (unpaired) electrons. The molecule has 0 saturated carbocycles. The number of rotatable bonds is 4. The van der Waals surface area contributed by atoms with E-state index in [1.165, 1.54) is 12.1 Å². The van der Waals surface area contributed by atoms with Crippen molar-refractivity contribution in [2.24, 2.45) is 0 Å². The molecule has 0 bridgehead atoms. The van der Waals surface area contributed by atoms with Crippen LogP contribution in [0.2, 0.25) is 0 Å². The number of hydrogen-bond acceptors (Lipinski definition) is 3. The van der Waals surface area contributed by atoms with Crippen LogP contribution in [0, 0.1) is 5.82 Å². The van der Waals surface area contributed by atoms with E-state index in [9.17, 15) is 9.18 Å². The van der Waals surface area contributed by atoms with E-state index in [2.05, 4.69) is 0 Å². The minimum Gasteiger partial charge on any atom is -0.494 e. The second-order valence-electron chi connectivity index (χ2n) is 4.02. The van der Waals surface area contributed by atoms with Crippen LogP contribution in [0.15, 0.2) is 42.5 Å². The van der Waals surface area contributed by atoms with Gasteiger partial charge in [0.05, 0.1) is 12.3 Å². The van der Waals surface area contributed by atoms with E-state index in [0.29, 0.717) is 17.9 Å². The summed E-state index contributed by atoms with van der Waals surface area (Å²) in [6, 6.07) is 10.8. The standard InChI is InChI=1S/C15H14FNO2/c1-2-19-12-6-3-10(4-7-12)15(18)11-5-8-14(17)13(16)9-11/h3-9H,2,17H2,1H3. The van der Waals surface area contributed by atoms with Crippen LogP contribution in [-0.2, 0) is 0 Å². The average Bonchev–Trinajstić information content (AvgIpc) is 2.42. The highest BCUT2D eigenvalue weighted by Crippen LogP contribution is 2.18.